The number of thioether (sulfide) groups is 2. The predicted molar refractivity (Wildman–Crippen MR) is 356 cm³/mol. The molecule has 4 N–H and O–H groups in total. The summed E-state index contributed by atoms with van der Waals surface area (Å²) in [6, 6.07) is 40.9. The van der Waals surface area contributed by atoms with Crippen LogP contribution in [0.15, 0.2) is 121 Å². The van der Waals surface area contributed by atoms with Crippen LogP contribution < -0.4 is 0 Å². The molecule has 0 saturated carbocycles. The molecule has 4 bridgehead atoms. The van der Waals surface area contributed by atoms with Crippen molar-refractivity contribution >= 4 is 157 Å². The summed E-state index contributed by atoms with van der Waals surface area (Å²) in [6.45, 7) is 15.8. The Morgan fingerprint density at radius 2 is 0.735 bits per heavy atom. The van der Waals surface area contributed by atoms with E-state index in [0.717, 1.165) is 49.1 Å². The van der Waals surface area contributed by atoms with Crippen LogP contribution in [0.3, 0.4) is 0 Å². The Balaban J connectivity index is 0.000000417. The van der Waals surface area contributed by atoms with Gasteiger partial charge in [0.25, 0.3) is 0 Å². The van der Waals surface area contributed by atoms with Crippen LogP contribution >= 0.6 is 60.4 Å². The second kappa shape index (κ2) is 35.7. The highest BCUT2D eigenvalue weighted by Gasteiger charge is 2.72. The van der Waals surface area contributed by atoms with E-state index in [-0.39, 0.29) is 18.5 Å². The minimum Gasteiger partial charge on any atom is -0.391 e. The van der Waals surface area contributed by atoms with Crippen molar-refractivity contribution in [1.29, 1.82) is 0 Å². The van der Waals surface area contributed by atoms with E-state index >= 15 is 0 Å². The standard InChI is InChI=1S/C15H34O14Si8.C11H18O3Si.2C9H10S2.C4H12O3Si.ClH/c1-30(16)20-31(2,17)23-35(6)26-34(5,22-30)27-36(7)24-32(3,18)21-33(4,19)25-37(28-35,29-36)14-13-15-11-9-8-10-12-15;1-12-15(13-2,14-3)10-9-11-7-5-4-6-8-11;2*1-2-11-9(10)8-6-4-3-5-7-8;1-5-8(4,6-2)7-3;/h8-12,16-19H,13-14H2,1-7H3;4-8H,9-10H2,1-3H3;2*3-7H,2H2,1H3;1-4H3;1H. The largest absolute Gasteiger partial charge is 0.500 e. The van der Waals surface area contributed by atoms with Gasteiger partial charge in [0.2, 0.25) is 0 Å². The Morgan fingerprint density at radius 1 is 0.434 bits per heavy atom. The summed E-state index contributed by atoms with van der Waals surface area (Å²) in [5.74, 6) is 2.10. The van der Waals surface area contributed by atoms with E-state index in [4.69, 9.17) is 92.1 Å². The molecule has 35 heteroatoms. The van der Waals surface area contributed by atoms with Gasteiger partial charge in [0, 0.05) is 107 Å². The molecule has 0 aromatic heterocycles. The predicted octanol–water partition coefficient (Wildman–Crippen LogP) is 9.58. The van der Waals surface area contributed by atoms with Crippen molar-refractivity contribution in [3.63, 3.8) is 0 Å². The lowest BCUT2D eigenvalue weighted by atomic mass is 10.2. The highest BCUT2D eigenvalue weighted by Crippen LogP contribution is 2.42. The maximum absolute atomic E-state index is 11.1. The summed E-state index contributed by atoms with van der Waals surface area (Å²) in [4.78, 5) is 43.9. The Labute approximate surface area is 528 Å². The molecule has 3 aliphatic rings. The van der Waals surface area contributed by atoms with Gasteiger partial charge in [-0.3, -0.25) is 0 Å². The topological polar surface area (TPSA) is 229 Å². The Morgan fingerprint density at radius 3 is 1.04 bits per heavy atom. The van der Waals surface area contributed by atoms with Gasteiger partial charge in [0.05, 0.1) is 8.39 Å². The van der Waals surface area contributed by atoms with Crippen LogP contribution in [0.4, 0.5) is 0 Å². The Hall–Kier alpha value is -0.581. The quantitative estimate of drug-likeness (QED) is 0.0604. The lowest BCUT2D eigenvalue weighted by Crippen LogP contribution is -2.79. The van der Waals surface area contributed by atoms with Crippen LogP contribution in [0.25, 0.3) is 0 Å². The lowest BCUT2D eigenvalue weighted by Gasteiger charge is -2.53. The van der Waals surface area contributed by atoms with Gasteiger partial charge in [-0.05, 0) is 46.6 Å². The van der Waals surface area contributed by atoms with Gasteiger partial charge in [-0.1, -0.05) is 160 Å². The Kier molecular flexibility index (Phi) is 33.8. The molecule has 3 heterocycles. The summed E-state index contributed by atoms with van der Waals surface area (Å²) in [5.41, 5.74) is 4.54. The van der Waals surface area contributed by atoms with Crippen molar-refractivity contribution in [2.24, 2.45) is 0 Å². The van der Waals surface area contributed by atoms with Crippen LogP contribution in [0, 0.1) is 0 Å². The molecule has 0 spiro atoms. The first kappa shape index (κ1) is 78.5. The number of thiocarbonyl (C=S) groups is 2. The zero-order valence-electron chi connectivity index (χ0n) is 50.2. The van der Waals surface area contributed by atoms with Crippen LogP contribution in [-0.2, 0) is 80.5 Å². The van der Waals surface area contributed by atoms with Crippen LogP contribution in [0.1, 0.15) is 36.1 Å². The molecule has 0 radical (unpaired) electrons. The van der Waals surface area contributed by atoms with Gasteiger partial charge in [-0.25, -0.2) is 0 Å². The minimum absolute atomic E-state index is 0. The molecule has 3 saturated heterocycles. The van der Waals surface area contributed by atoms with Gasteiger partial charge >= 0.3 is 88.0 Å². The molecule has 468 valence electrons. The van der Waals surface area contributed by atoms with Crippen molar-refractivity contribution in [2.45, 2.75) is 91.2 Å². The van der Waals surface area contributed by atoms with Gasteiger partial charge in [-0.2, -0.15) is 0 Å². The fraction of sp³-hybridized carbons (Fsp3) is 0.458. The van der Waals surface area contributed by atoms with E-state index in [1.807, 2.05) is 116 Å². The number of rotatable bonds is 16. The first-order chi connectivity index (χ1) is 38.3. The van der Waals surface area contributed by atoms with E-state index in [1.165, 1.54) is 51.4 Å². The maximum Gasteiger partial charge on any atom is 0.500 e. The highest BCUT2D eigenvalue weighted by molar-refractivity contribution is 8.24. The number of benzene rings is 4. The van der Waals surface area contributed by atoms with E-state index in [0.29, 0.717) is 6.42 Å². The SMILES string of the molecule is CCSC(=S)c1ccccc1.CCSC(=S)c1ccccc1.CO[Si](C)(OC)OC.CO[Si](CCc1ccccc1)(OC)OC.C[Si]1(O)O[Si](C)(O)O[Si]2(C)O[Si](C)(O1)O[Si]1(C)O[Si](C)(O)O[Si](C)(O)O[Si](CCc3ccccc3)(O2)O1.Cl. The number of fused-ring (bicyclic) bond motifs is 4. The van der Waals surface area contributed by atoms with Crippen LogP contribution in [0.5, 0.6) is 0 Å². The molecule has 8 atom stereocenters. The molecule has 4 aromatic rings. The number of hydrogen-bond donors (Lipinski definition) is 4. The zero-order chi connectivity index (χ0) is 61.6. The molecular weight excluding hydrogens is 1340 g/mol. The second-order valence-corrected chi connectivity index (χ2v) is 51.1. The molecule has 8 unspecified atom stereocenters. The maximum atomic E-state index is 11.1. The molecular formula is C48H85ClO20S4Si10. The average molecular weight is 1430 g/mol. The van der Waals surface area contributed by atoms with E-state index in [2.05, 4.69) is 26.0 Å². The third-order valence-electron chi connectivity index (χ3n) is 11.4. The molecule has 7 rings (SSSR count). The smallest absolute Gasteiger partial charge is 0.391 e. The monoisotopic (exact) mass is 1420 g/mol. The van der Waals surface area contributed by atoms with Crippen molar-refractivity contribution in [1.82, 2.24) is 0 Å². The average Bonchev–Trinajstić information content (AvgIpc) is 3.35. The summed E-state index contributed by atoms with van der Waals surface area (Å²) < 4.78 is 93.7. The van der Waals surface area contributed by atoms with Crippen molar-refractivity contribution in [2.75, 3.05) is 54.2 Å². The zero-order valence-corrected chi connectivity index (χ0v) is 64.2. The van der Waals surface area contributed by atoms with Crippen LogP contribution in [-0.4, -0.2) is 170 Å². The Bertz CT molecular complexity index is 2440. The molecule has 83 heavy (non-hydrogen) atoms. The normalized spacial score (nSPS) is 28.6. The third-order valence-corrected chi connectivity index (χ3v) is 49.2. The van der Waals surface area contributed by atoms with Crippen LogP contribution in [0.2, 0.25) is 64.5 Å². The van der Waals surface area contributed by atoms with E-state index in [9.17, 15) is 19.2 Å². The van der Waals surface area contributed by atoms with E-state index < -0.39 is 88.0 Å². The molecule has 3 fully saturated rings. The molecule has 4 aromatic carbocycles. The van der Waals surface area contributed by atoms with Gasteiger partial charge in [-0.15, -0.1) is 35.9 Å². The summed E-state index contributed by atoms with van der Waals surface area (Å²) in [7, 11) is -27.1. The summed E-state index contributed by atoms with van der Waals surface area (Å²) in [6.07, 6.45) is 1.33. The summed E-state index contributed by atoms with van der Waals surface area (Å²) >= 11 is 13.8. The first-order valence-electron chi connectivity index (χ1n) is 26.0. The highest BCUT2D eigenvalue weighted by atomic mass is 35.5. The van der Waals surface area contributed by atoms with Crippen molar-refractivity contribution < 1.29 is 86.9 Å². The number of aryl methyl sites for hydroxylation is 2. The van der Waals surface area contributed by atoms with Crippen molar-refractivity contribution in [3.8, 4) is 0 Å². The van der Waals surface area contributed by atoms with Gasteiger partial charge in [0.15, 0.2) is 0 Å². The minimum atomic E-state index is -4.10. The van der Waals surface area contributed by atoms with Crippen molar-refractivity contribution in [3.05, 3.63) is 144 Å². The fourth-order valence-corrected chi connectivity index (χ4v) is 48.9. The fourth-order valence-electron chi connectivity index (χ4n) is 8.02. The first-order valence-corrected chi connectivity index (χ1v) is 50.6. The molecule has 20 nitrogen and oxygen atoms in total. The number of halogens is 1. The third kappa shape index (κ3) is 28.0. The van der Waals surface area contributed by atoms with Gasteiger partial charge < -0.3 is 86.9 Å². The molecule has 0 aliphatic carbocycles. The number of hydrogen-bond acceptors (Lipinski definition) is 24. The molecule has 3 aliphatic heterocycles. The van der Waals surface area contributed by atoms with Gasteiger partial charge in [0.1, 0.15) is 0 Å². The summed E-state index contributed by atoms with van der Waals surface area (Å²) in [5, 5.41) is 0. The van der Waals surface area contributed by atoms with E-state index in [1.54, 1.807) is 66.2 Å². The molecule has 0 amide bonds. The lowest BCUT2D eigenvalue weighted by molar-refractivity contribution is 0.0236. The second-order valence-electron chi connectivity index (χ2n) is 18.8.